The highest BCUT2D eigenvalue weighted by Crippen LogP contribution is 2.17. The molecule has 2 N–H and O–H groups in total. The molecule has 5 heteroatoms. The number of halogens is 2. The van der Waals surface area contributed by atoms with Crippen LogP contribution in [0.4, 0.5) is 8.78 Å². The second-order valence-corrected chi connectivity index (χ2v) is 4.52. The molecule has 2 atom stereocenters. The molecule has 0 radical (unpaired) electrons. The fraction of sp³-hybridized carbons (Fsp3) is 0.538. The number of hydrogen-bond acceptors (Lipinski definition) is 3. The van der Waals surface area contributed by atoms with E-state index in [4.69, 9.17) is 10.5 Å². The maximum absolute atomic E-state index is 13.5. The molecular formula is C13H20F2N2O. The van der Waals surface area contributed by atoms with Crippen LogP contribution in [0, 0.1) is 11.6 Å². The lowest BCUT2D eigenvalue weighted by Gasteiger charge is -2.27. The van der Waals surface area contributed by atoms with Crippen LogP contribution in [0.3, 0.4) is 0 Å². The largest absolute Gasteiger partial charge is 0.383 e. The Labute approximate surface area is 107 Å². The first-order chi connectivity index (χ1) is 8.45. The van der Waals surface area contributed by atoms with E-state index in [0.29, 0.717) is 18.7 Å². The van der Waals surface area contributed by atoms with Gasteiger partial charge in [-0.2, -0.15) is 0 Å². The van der Waals surface area contributed by atoms with E-state index in [1.807, 2.05) is 18.9 Å². The maximum Gasteiger partial charge on any atom is 0.130 e. The molecule has 18 heavy (non-hydrogen) atoms. The Morgan fingerprint density at radius 1 is 1.39 bits per heavy atom. The van der Waals surface area contributed by atoms with Gasteiger partial charge in [-0.15, -0.1) is 0 Å². The van der Waals surface area contributed by atoms with Gasteiger partial charge in [0.2, 0.25) is 0 Å². The Balaban J connectivity index is 2.67. The van der Waals surface area contributed by atoms with E-state index in [1.165, 1.54) is 12.1 Å². The number of rotatable bonds is 6. The van der Waals surface area contributed by atoms with E-state index >= 15 is 0 Å². The highest BCUT2D eigenvalue weighted by Gasteiger charge is 2.17. The first-order valence-electron chi connectivity index (χ1n) is 5.85. The molecule has 102 valence electrons. The fourth-order valence-corrected chi connectivity index (χ4v) is 1.76. The van der Waals surface area contributed by atoms with Crippen LogP contribution in [-0.4, -0.2) is 38.3 Å². The number of ether oxygens (including phenoxy) is 1. The minimum atomic E-state index is -0.602. The summed E-state index contributed by atoms with van der Waals surface area (Å²) in [4.78, 5) is 1.98. The molecule has 1 aromatic rings. The highest BCUT2D eigenvalue weighted by molar-refractivity contribution is 5.22. The summed E-state index contributed by atoms with van der Waals surface area (Å²) in [6.07, 6.45) is 0. The average molecular weight is 258 g/mol. The smallest absolute Gasteiger partial charge is 0.130 e. The molecule has 3 nitrogen and oxygen atoms in total. The van der Waals surface area contributed by atoms with Crippen LogP contribution in [-0.2, 0) is 4.74 Å². The molecule has 2 unspecified atom stereocenters. The van der Waals surface area contributed by atoms with Crippen LogP contribution in [0.25, 0.3) is 0 Å². The Morgan fingerprint density at radius 3 is 2.61 bits per heavy atom. The van der Waals surface area contributed by atoms with Gasteiger partial charge in [0, 0.05) is 37.4 Å². The third kappa shape index (κ3) is 4.01. The van der Waals surface area contributed by atoms with E-state index < -0.39 is 17.7 Å². The predicted octanol–water partition coefficient (Wildman–Crippen LogP) is 1.93. The number of benzene rings is 1. The van der Waals surface area contributed by atoms with Crippen molar-refractivity contribution < 1.29 is 13.5 Å². The number of nitrogens with two attached hydrogens (primary N) is 1. The highest BCUT2D eigenvalue weighted by atomic mass is 19.1. The van der Waals surface area contributed by atoms with Crippen molar-refractivity contribution in [2.45, 2.75) is 19.0 Å². The first kappa shape index (κ1) is 15.0. The predicted molar refractivity (Wildman–Crippen MR) is 67.3 cm³/mol. The van der Waals surface area contributed by atoms with Gasteiger partial charge in [0.25, 0.3) is 0 Å². The van der Waals surface area contributed by atoms with Gasteiger partial charge >= 0.3 is 0 Å². The van der Waals surface area contributed by atoms with Crippen molar-refractivity contribution in [3.05, 3.63) is 35.4 Å². The summed E-state index contributed by atoms with van der Waals surface area (Å²) in [6, 6.07) is 3.16. The first-order valence-corrected chi connectivity index (χ1v) is 5.85. The van der Waals surface area contributed by atoms with Crippen LogP contribution in [0.5, 0.6) is 0 Å². The van der Waals surface area contributed by atoms with Crippen LogP contribution in [0.15, 0.2) is 18.2 Å². The number of nitrogens with zero attached hydrogens (tertiary/aromatic N) is 1. The molecule has 1 aromatic carbocycles. The lowest BCUT2D eigenvalue weighted by atomic mass is 10.1. The van der Waals surface area contributed by atoms with Gasteiger partial charge in [-0.3, -0.25) is 4.90 Å². The summed E-state index contributed by atoms with van der Waals surface area (Å²) >= 11 is 0. The molecule has 0 aromatic heterocycles. The summed E-state index contributed by atoms with van der Waals surface area (Å²) in [6.45, 7) is 3.05. The Kier molecular flexibility index (Phi) is 5.65. The van der Waals surface area contributed by atoms with Crippen molar-refractivity contribution >= 4 is 0 Å². The molecule has 1 rings (SSSR count). The Morgan fingerprint density at radius 2 is 2.06 bits per heavy atom. The van der Waals surface area contributed by atoms with Gasteiger partial charge in [0.1, 0.15) is 11.6 Å². The van der Waals surface area contributed by atoms with Crippen molar-refractivity contribution in [3.63, 3.8) is 0 Å². The number of hydrogen-bond donors (Lipinski definition) is 1. The number of likely N-dealkylation sites (N-methyl/N-ethyl adjacent to an activating group) is 1. The third-order valence-electron chi connectivity index (χ3n) is 3.01. The molecule has 0 saturated carbocycles. The van der Waals surface area contributed by atoms with Gasteiger partial charge in [0.05, 0.1) is 6.61 Å². The van der Waals surface area contributed by atoms with Gasteiger partial charge in [-0.25, -0.2) is 8.78 Å². The molecule has 0 heterocycles. The second kappa shape index (κ2) is 6.78. The summed E-state index contributed by atoms with van der Waals surface area (Å²) in [5.41, 5.74) is 6.26. The third-order valence-corrected chi connectivity index (χ3v) is 3.01. The second-order valence-electron chi connectivity index (χ2n) is 4.52. The zero-order chi connectivity index (χ0) is 13.7. The van der Waals surface area contributed by atoms with E-state index in [0.717, 1.165) is 6.07 Å². The molecule has 0 spiro atoms. The van der Waals surface area contributed by atoms with E-state index in [-0.39, 0.29) is 6.04 Å². The standard InChI is InChI=1S/C13H20F2N2O/c1-9(8-18-3)17(2)7-13(16)11-5-4-10(14)6-12(11)15/h4-6,9,13H,7-8,16H2,1-3H3. The van der Waals surface area contributed by atoms with E-state index in [2.05, 4.69) is 0 Å². The normalized spacial score (nSPS) is 14.8. The summed E-state index contributed by atoms with van der Waals surface area (Å²) in [5, 5.41) is 0. The lowest BCUT2D eigenvalue weighted by molar-refractivity contribution is 0.112. The quantitative estimate of drug-likeness (QED) is 0.847. The van der Waals surface area contributed by atoms with Crippen LogP contribution in [0.2, 0.25) is 0 Å². The topological polar surface area (TPSA) is 38.5 Å². The average Bonchev–Trinajstić information content (AvgIpc) is 2.28. The van der Waals surface area contributed by atoms with Crippen molar-refractivity contribution in [2.24, 2.45) is 5.73 Å². The molecule has 0 bridgehead atoms. The molecule has 0 aliphatic carbocycles. The van der Waals surface area contributed by atoms with Gasteiger partial charge in [-0.1, -0.05) is 6.07 Å². The van der Waals surface area contributed by atoms with E-state index in [1.54, 1.807) is 7.11 Å². The van der Waals surface area contributed by atoms with Crippen molar-refractivity contribution in [1.82, 2.24) is 4.90 Å². The summed E-state index contributed by atoms with van der Waals surface area (Å²) in [5.74, 6) is -1.19. The monoisotopic (exact) mass is 258 g/mol. The van der Waals surface area contributed by atoms with Crippen molar-refractivity contribution in [2.75, 3.05) is 27.3 Å². The van der Waals surface area contributed by atoms with Gasteiger partial charge < -0.3 is 10.5 Å². The number of methoxy groups -OCH3 is 1. The maximum atomic E-state index is 13.5. The zero-order valence-corrected chi connectivity index (χ0v) is 11.0. The van der Waals surface area contributed by atoms with Gasteiger partial charge in [0.15, 0.2) is 0 Å². The SMILES string of the molecule is COCC(C)N(C)CC(N)c1ccc(F)cc1F. The molecule has 0 amide bonds. The van der Waals surface area contributed by atoms with Crippen LogP contribution in [0.1, 0.15) is 18.5 Å². The molecular weight excluding hydrogens is 238 g/mol. The molecule has 0 fully saturated rings. The Bertz CT molecular complexity index is 387. The summed E-state index contributed by atoms with van der Waals surface area (Å²) < 4.78 is 31.4. The van der Waals surface area contributed by atoms with Crippen molar-refractivity contribution in [1.29, 1.82) is 0 Å². The minimum absolute atomic E-state index is 0.185. The van der Waals surface area contributed by atoms with E-state index in [9.17, 15) is 8.78 Å². The molecule has 0 aliphatic rings. The Hall–Kier alpha value is -1.04. The molecule has 0 saturated heterocycles. The van der Waals surface area contributed by atoms with Crippen LogP contribution >= 0.6 is 0 Å². The lowest BCUT2D eigenvalue weighted by Crippen LogP contribution is -2.38. The minimum Gasteiger partial charge on any atom is -0.383 e. The molecule has 0 aliphatic heterocycles. The zero-order valence-electron chi connectivity index (χ0n) is 11.0. The summed E-state index contributed by atoms with van der Waals surface area (Å²) in [7, 11) is 3.52. The van der Waals surface area contributed by atoms with Gasteiger partial charge in [-0.05, 0) is 20.0 Å². The van der Waals surface area contributed by atoms with Crippen LogP contribution < -0.4 is 5.73 Å². The fourth-order valence-electron chi connectivity index (χ4n) is 1.76. The van der Waals surface area contributed by atoms with Crippen molar-refractivity contribution in [3.8, 4) is 0 Å².